The molecule has 0 radical (unpaired) electrons. The Bertz CT molecular complexity index is 795. The number of halogens is 2. The summed E-state index contributed by atoms with van der Waals surface area (Å²) >= 11 is 7.50. The Balaban J connectivity index is 0.00000243. The molecular formula is C17H21Cl2N3O3S. The summed E-state index contributed by atoms with van der Waals surface area (Å²) in [6.45, 7) is 2.25. The lowest BCUT2D eigenvalue weighted by molar-refractivity contribution is -0.119. The highest BCUT2D eigenvalue weighted by Gasteiger charge is 2.26. The number of amides is 1. The largest absolute Gasteiger partial charge is 0.494 e. The van der Waals surface area contributed by atoms with Gasteiger partial charge in [-0.2, -0.15) is 0 Å². The zero-order valence-corrected chi connectivity index (χ0v) is 17.0. The summed E-state index contributed by atoms with van der Waals surface area (Å²) in [5, 5.41) is 1.29. The number of hydrogen-bond donors (Lipinski definition) is 0. The summed E-state index contributed by atoms with van der Waals surface area (Å²) in [6, 6.07) is 5.52. The molecule has 1 aliphatic heterocycles. The minimum atomic E-state index is -0.233. The van der Waals surface area contributed by atoms with Crippen LogP contribution in [0.4, 0.5) is 5.13 Å². The van der Waals surface area contributed by atoms with Gasteiger partial charge in [0.15, 0.2) is 5.13 Å². The third-order valence-corrected chi connectivity index (χ3v) is 4.94. The van der Waals surface area contributed by atoms with E-state index in [1.54, 1.807) is 11.0 Å². The predicted octanol–water partition coefficient (Wildman–Crippen LogP) is 3.54. The Morgan fingerprint density at radius 2 is 2.12 bits per heavy atom. The first kappa shape index (κ1) is 20.8. The second-order valence-corrected chi connectivity index (χ2v) is 7.37. The number of carbonyl (C=O) groups excluding carboxylic acids is 1. The number of aromatic nitrogens is 1. The topological polar surface area (TPSA) is 54.9 Å². The Hall–Kier alpha value is -1.54. The van der Waals surface area contributed by atoms with Crippen LogP contribution in [0.25, 0.3) is 10.2 Å². The summed E-state index contributed by atoms with van der Waals surface area (Å²) < 4.78 is 11.6. The van der Waals surface area contributed by atoms with E-state index in [-0.39, 0.29) is 24.1 Å². The van der Waals surface area contributed by atoms with E-state index in [4.69, 9.17) is 21.1 Å². The monoisotopic (exact) mass is 417 g/mol. The Kier molecular flexibility index (Phi) is 7.52. The molecule has 2 aromatic rings. The molecule has 26 heavy (non-hydrogen) atoms. The van der Waals surface area contributed by atoms with Crippen molar-refractivity contribution in [2.75, 3.05) is 45.3 Å². The van der Waals surface area contributed by atoms with Crippen LogP contribution in [-0.4, -0.2) is 56.2 Å². The zero-order chi connectivity index (χ0) is 17.8. The van der Waals surface area contributed by atoms with Crippen molar-refractivity contribution in [2.24, 2.45) is 0 Å². The van der Waals surface area contributed by atoms with Crippen molar-refractivity contribution >= 4 is 56.6 Å². The van der Waals surface area contributed by atoms with E-state index in [9.17, 15) is 4.79 Å². The minimum Gasteiger partial charge on any atom is -0.494 e. The molecule has 6 nitrogen and oxygen atoms in total. The molecule has 1 aliphatic rings. The Morgan fingerprint density at radius 3 is 2.81 bits per heavy atom. The van der Waals surface area contributed by atoms with Gasteiger partial charge in [0, 0.05) is 11.6 Å². The van der Waals surface area contributed by atoms with E-state index in [2.05, 4.69) is 9.88 Å². The number of ether oxygens (including phenoxy) is 2. The molecule has 1 aromatic heterocycles. The van der Waals surface area contributed by atoms with Crippen LogP contribution in [0, 0.1) is 0 Å². The van der Waals surface area contributed by atoms with E-state index in [0.29, 0.717) is 29.9 Å². The molecule has 0 saturated heterocycles. The zero-order valence-electron chi connectivity index (χ0n) is 14.6. The van der Waals surface area contributed by atoms with Gasteiger partial charge in [-0.1, -0.05) is 22.9 Å². The van der Waals surface area contributed by atoms with Gasteiger partial charge < -0.3 is 14.4 Å². The molecule has 0 bridgehead atoms. The molecule has 1 aromatic carbocycles. The van der Waals surface area contributed by atoms with Crippen LogP contribution in [0.5, 0.6) is 0 Å². The second-order valence-electron chi connectivity index (χ2n) is 5.92. The van der Waals surface area contributed by atoms with Gasteiger partial charge in [-0.05, 0) is 45.3 Å². The smallest absolute Gasteiger partial charge is 0.298 e. The minimum absolute atomic E-state index is 0. The van der Waals surface area contributed by atoms with Gasteiger partial charge in [0.05, 0.1) is 10.2 Å². The van der Waals surface area contributed by atoms with Crippen molar-refractivity contribution in [3.63, 3.8) is 0 Å². The SMILES string of the molecule is CN(C)CCCN(C(=O)C1=COCCO1)c1nc2ccc(Cl)cc2s1.Cl. The first-order valence-electron chi connectivity index (χ1n) is 8.02. The molecule has 0 fully saturated rings. The van der Waals surface area contributed by atoms with Crippen molar-refractivity contribution in [1.29, 1.82) is 0 Å². The summed E-state index contributed by atoms with van der Waals surface area (Å²) in [5.41, 5.74) is 0.824. The van der Waals surface area contributed by atoms with Crippen molar-refractivity contribution < 1.29 is 14.3 Å². The van der Waals surface area contributed by atoms with Crippen LogP contribution in [0.3, 0.4) is 0 Å². The molecule has 3 rings (SSSR count). The van der Waals surface area contributed by atoms with Crippen molar-refractivity contribution in [3.05, 3.63) is 35.2 Å². The molecular weight excluding hydrogens is 397 g/mol. The average molecular weight is 418 g/mol. The van der Waals surface area contributed by atoms with Crippen molar-refractivity contribution in [1.82, 2.24) is 9.88 Å². The van der Waals surface area contributed by atoms with Crippen LogP contribution in [0.1, 0.15) is 6.42 Å². The summed E-state index contributed by atoms with van der Waals surface area (Å²) in [6.07, 6.45) is 2.21. The quantitative estimate of drug-likeness (QED) is 0.718. The third kappa shape index (κ3) is 5.01. The van der Waals surface area contributed by atoms with Gasteiger partial charge in [-0.15, -0.1) is 12.4 Å². The number of fused-ring (bicyclic) bond motifs is 1. The van der Waals surface area contributed by atoms with Gasteiger partial charge in [0.2, 0.25) is 5.76 Å². The molecule has 9 heteroatoms. The number of hydrogen-bond acceptors (Lipinski definition) is 6. The number of nitrogens with zero attached hydrogens (tertiary/aromatic N) is 3. The lowest BCUT2D eigenvalue weighted by Crippen LogP contribution is -2.36. The maximum Gasteiger partial charge on any atom is 0.298 e. The molecule has 0 aliphatic carbocycles. The molecule has 2 heterocycles. The van der Waals surface area contributed by atoms with E-state index in [1.165, 1.54) is 17.6 Å². The third-order valence-electron chi connectivity index (χ3n) is 3.66. The van der Waals surface area contributed by atoms with Crippen LogP contribution in [-0.2, 0) is 14.3 Å². The van der Waals surface area contributed by atoms with E-state index >= 15 is 0 Å². The van der Waals surface area contributed by atoms with Crippen LogP contribution >= 0.6 is 35.3 Å². The summed E-state index contributed by atoms with van der Waals surface area (Å²) in [5.74, 6) is -0.0167. The van der Waals surface area contributed by atoms with Crippen LogP contribution < -0.4 is 4.90 Å². The van der Waals surface area contributed by atoms with E-state index in [1.807, 2.05) is 26.2 Å². The number of anilines is 1. The van der Waals surface area contributed by atoms with Crippen LogP contribution in [0.2, 0.25) is 5.02 Å². The number of benzene rings is 1. The summed E-state index contributed by atoms with van der Waals surface area (Å²) in [4.78, 5) is 21.2. The fourth-order valence-electron chi connectivity index (χ4n) is 2.44. The Morgan fingerprint density at radius 1 is 1.31 bits per heavy atom. The highest BCUT2D eigenvalue weighted by molar-refractivity contribution is 7.22. The maximum absolute atomic E-state index is 12.9. The average Bonchev–Trinajstić information content (AvgIpc) is 3.01. The van der Waals surface area contributed by atoms with Gasteiger partial charge in [0.1, 0.15) is 19.5 Å². The molecule has 142 valence electrons. The van der Waals surface area contributed by atoms with E-state index < -0.39 is 0 Å². The molecule has 0 saturated carbocycles. The van der Waals surface area contributed by atoms with Gasteiger partial charge >= 0.3 is 0 Å². The fraction of sp³-hybridized carbons (Fsp3) is 0.412. The molecule has 1 amide bonds. The maximum atomic E-state index is 12.9. The second kappa shape index (κ2) is 9.41. The first-order valence-corrected chi connectivity index (χ1v) is 9.21. The predicted molar refractivity (Wildman–Crippen MR) is 107 cm³/mol. The van der Waals surface area contributed by atoms with Gasteiger partial charge in [0.25, 0.3) is 5.91 Å². The number of carbonyl (C=O) groups is 1. The molecule has 0 N–H and O–H groups in total. The molecule has 0 spiro atoms. The van der Waals surface area contributed by atoms with E-state index in [0.717, 1.165) is 23.2 Å². The highest BCUT2D eigenvalue weighted by atomic mass is 35.5. The lowest BCUT2D eigenvalue weighted by atomic mass is 10.3. The Labute approximate surface area is 167 Å². The van der Waals surface area contributed by atoms with Crippen LogP contribution in [0.15, 0.2) is 30.2 Å². The van der Waals surface area contributed by atoms with Gasteiger partial charge in [-0.3, -0.25) is 9.69 Å². The summed E-state index contributed by atoms with van der Waals surface area (Å²) in [7, 11) is 4.01. The normalized spacial score (nSPS) is 13.6. The first-order chi connectivity index (χ1) is 12.0. The highest BCUT2D eigenvalue weighted by Crippen LogP contribution is 2.31. The van der Waals surface area contributed by atoms with Crippen molar-refractivity contribution in [3.8, 4) is 0 Å². The fourth-order valence-corrected chi connectivity index (χ4v) is 3.71. The standard InChI is InChI=1S/C17H20ClN3O3S.ClH/c1-20(2)6-3-7-21(16(22)14-11-23-8-9-24-14)17-19-13-5-4-12(18)10-15(13)25-17;/h4-5,10-11H,3,6-9H2,1-2H3;1H. The molecule has 0 unspecified atom stereocenters. The lowest BCUT2D eigenvalue weighted by Gasteiger charge is -2.23. The molecule has 0 atom stereocenters. The van der Waals surface area contributed by atoms with Crippen molar-refractivity contribution in [2.45, 2.75) is 6.42 Å². The number of thiazole rings is 1. The van der Waals surface area contributed by atoms with Gasteiger partial charge in [-0.25, -0.2) is 4.98 Å². The number of rotatable bonds is 6.